The van der Waals surface area contributed by atoms with Gasteiger partial charge in [-0.1, -0.05) is 0 Å². The molecule has 0 saturated heterocycles. The Morgan fingerprint density at radius 1 is 1.16 bits per heavy atom. The highest BCUT2D eigenvalue weighted by atomic mass is 16.5. The number of ether oxygens (including phenoxy) is 2. The number of nitrogens with one attached hydrogen (secondary N) is 2. The van der Waals surface area contributed by atoms with Crippen LogP contribution in [0.4, 0.5) is 5.69 Å². The van der Waals surface area contributed by atoms with E-state index in [1.165, 1.54) is 0 Å². The summed E-state index contributed by atoms with van der Waals surface area (Å²) in [5, 5.41) is 10.5. The first-order valence-electron chi connectivity index (χ1n) is 6.08. The Hall–Kier alpha value is -2.17. The third-order valence-electron chi connectivity index (χ3n) is 3.16. The van der Waals surface area contributed by atoms with Gasteiger partial charge < -0.3 is 14.8 Å². The fourth-order valence-corrected chi connectivity index (χ4v) is 2.22. The molecule has 0 aliphatic heterocycles. The zero-order chi connectivity index (χ0) is 14.0. The molecule has 0 atom stereocenters. The summed E-state index contributed by atoms with van der Waals surface area (Å²) in [5.41, 5.74) is 4.86. The lowest BCUT2D eigenvalue weighted by atomic mass is 10.0. The zero-order valence-electron chi connectivity index (χ0n) is 11.9. The van der Waals surface area contributed by atoms with Crippen LogP contribution in [0.2, 0.25) is 0 Å². The standard InChI is InChI=1S/C14H19N3O2/c1-8-6-10(18-4)7-11(19-5)12(8)14-13(15-3)9(2)16-17-14/h6-7,15H,1-5H3,(H,16,17). The molecule has 1 aromatic heterocycles. The molecular weight excluding hydrogens is 242 g/mol. The molecule has 19 heavy (non-hydrogen) atoms. The Labute approximate surface area is 112 Å². The summed E-state index contributed by atoms with van der Waals surface area (Å²) in [4.78, 5) is 0. The van der Waals surface area contributed by atoms with E-state index in [4.69, 9.17) is 9.47 Å². The van der Waals surface area contributed by atoms with E-state index < -0.39 is 0 Å². The first kappa shape index (κ1) is 13.3. The monoisotopic (exact) mass is 261 g/mol. The Morgan fingerprint density at radius 2 is 1.89 bits per heavy atom. The van der Waals surface area contributed by atoms with Crippen molar-refractivity contribution in [2.75, 3.05) is 26.6 Å². The number of aromatic nitrogens is 2. The average Bonchev–Trinajstić information content (AvgIpc) is 2.78. The molecule has 0 saturated carbocycles. The van der Waals surface area contributed by atoms with Crippen LogP contribution in [0.15, 0.2) is 12.1 Å². The molecule has 0 aliphatic rings. The number of hydrogen-bond acceptors (Lipinski definition) is 4. The van der Waals surface area contributed by atoms with E-state index in [1.807, 2.05) is 33.0 Å². The van der Waals surface area contributed by atoms with Gasteiger partial charge in [0.25, 0.3) is 0 Å². The molecular formula is C14H19N3O2. The van der Waals surface area contributed by atoms with Gasteiger partial charge in [-0.3, -0.25) is 5.10 Å². The highest BCUT2D eigenvalue weighted by molar-refractivity contribution is 5.82. The molecule has 0 unspecified atom stereocenters. The van der Waals surface area contributed by atoms with Crippen LogP contribution in [0, 0.1) is 13.8 Å². The Morgan fingerprint density at radius 3 is 2.47 bits per heavy atom. The van der Waals surface area contributed by atoms with E-state index >= 15 is 0 Å². The van der Waals surface area contributed by atoms with Crippen molar-refractivity contribution in [1.29, 1.82) is 0 Å². The smallest absolute Gasteiger partial charge is 0.132 e. The second-order valence-corrected chi connectivity index (χ2v) is 4.34. The number of nitrogens with zero attached hydrogens (tertiary/aromatic N) is 1. The van der Waals surface area contributed by atoms with Crippen molar-refractivity contribution in [3.63, 3.8) is 0 Å². The van der Waals surface area contributed by atoms with E-state index in [1.54, 1.807) is 14.2 Å². The van der Waals surface area contributed by atoms with Crippen LogP contribution in [-0.2, 0) is 0 Å². The molecule has 0 bridgehead atoms. The largest absolute Gasteiger partial charge is 0.497 e. The van der Waals surface area contributed by atoms with Gasteiger partial charge >= 0.3 is 0 Å². The number of aromatic amines is 1. The number of aryl methyl sites for hydroxylation is 2. The minimum atomic E-state index is 0.750. The third kappa shape index (κ3) is 2.23. The molecule has 5 nitrogen and oxygen atoms in total. The second-order valence-electron chi connectivity index (χ2n) is 4.34. The summed E-state index contributed by atoms with van der Waals surface area (Å²) < 4.78 is 10.7. The van der Waals surface area contributed by atoms with Gasteiger partial charge in [-0.25, -0.2) is 0 Å². The third-order valence-corrected chi connectivity index (χ3v) is 3.16. The molecule has 0 fully saturated rings. The van der Waals surface area contributed by atoms with Crippen LogP contribution < -0.4 is 14.8 Å². The van der Waals surface area contributed by atoms with Gasteiger partial charge in [0.2, 0.25) is 0 Å². The average molecular weight is 261 g/mol. The normalized spacial score (nSPS) is 10.4. The minimum Gasteiger partial charge on any atom is -0.497 e. The number of H-pyrrole nitrogens is 1. The maximum atomic E-state index is 5.47. The topological polar surface area (TPSA) is 59.2 Å². The number of hydrogen-bond donors (Lipinski definition) is 2. The molecule has 0 spiro atoms. The predicted molar refractivity (Wildman–Crippen MR) is 76.1 cm³/mol. The van der Waals surface area contributed by atoms with E-state index in [0.29, 0.717) is 0 Å². The van der Waals surface area contributed by atoms with E-state index in [-0.39, 0.29) is 0 Å². The lowest BCUT2D eigenvalue weighted by Gasteiger charge is -2.13. The number of anilines is 1. The minimum absolute atomic E-state index is 0.750. The molecule has 1 heterocycles. The van der Waals surface area contributed by atoms with Crippen LogP contribution in [-0.4, -0.2) is 31.5 Å². The van der Waals surface area contributed by atoms with Crippen LogP contribution >= 0.6 is 0 Å². The van der Waals surface area contributed by atoms with Gasteiger partial charge in [0.15, 0.2) is 0 Å². The highest BCUT2D eigenvalue weighted by Gasteiger charge is 2.18. The van der Waals surface area contributed by atoms with Crippen LogP contribution in [0.25, 0.3) is 11.3 Å². The highest BCUT2D eigenvalue weighted by Crippen LogP contribution is 2.39. The second kappa shape index (κ2) is 5.22. The maximum Gasteiger partial charge on any atom is 0.132 e. The summed E-state index contributed by atoms with van der Waals surface area (Å²) in [6, 6.07) is 3.84. The van der Waals surface area contributed by atoms with E-state index in [9.17, 15) is 0 Å². The SMILES string of the molecule is CNc1c(-c2c(C)cc(OC)cc2OC)n[nH]c1C. The Kier molecular flexibility index (Phi) is 3.64. The molecule has 2 rings (SSSR count). The van der Waals surface area contributed by atoms with Crippen molar-refractivity contribution < 1.29 is 9.47 Å². The van der Waals surface area contributed by atoms with Crippen molar-refractivity contribution >= 4 is 5.69 Å². The fourth-order valence-electron chi connectivity index (χ4n) is 2.22. The number of rotatable bonds is 4. The maximum absolute atomic E-state index is 5.47. The fraction of sp³-hybridized carbons (Fsp3) is 0.357. The van der Waals surface area contributed by atoms with Gasteiger partial charge in [0.05, 0.1) is 25.6 Å². The predicted octanol–water partition coefficient (Wildman–Crippen LogP) is 2.75. The molecule has 0 amide bonds. The molecule has 102 valence electrons. The van der Waals surface area contributed by atoms with Crippen molar-refractivity contribution in [3.8, 4) is 22.8 Å². The summed E-state index contributed by atoms with van der Waals surface area (Å²) in [6.07, 6.45) is 0. The van der Waals surface area contributed by atoms with Gasteiger partial charge in [0, 0.05) is 18.7 Å². The summed E-state index contributed by atoms with van der Waals surface area (Å²) in [6.45, 7) is 4.00. The first-order valence-corrected chi connectivity index (χ1v) is 6.08. The van der Waals surface area contributed by atoms with Gasteiger partial charge in [-0.2, -0.15) is 5.10 Å². The van der Waals surface area contributed by atoms with Crippen molar-refractivity contribution in [1.82, 2.24) is 10.2 Å². The molecule has 0 aliphatic carbocycles. The van der Waals surface area contributed by atoms with Gasteiger partial charge in [0.1, 0.15) is 17.2 Å². The van der Waals surface area contributed by atoms with Crippen molar-refractivity contribution in [2.45, 2.75) is 13.8 Å². The van der Waals surface area contributed by atoms with Gasteiger partial charge in [-0.15, -0.1) is 0 Å². The van der Waals surface area contributed by atoms with Crippen molar-refractivity contribution in [2.24, 2.45) is 0 Å². The lowest BCUT2D eigenvalue weighted by molar-refractivity contribution is 0.395. The van der Waals surface area contributed by atoms with Gasteiger partial charge in [-0.05, 0) is 25.5 Å². The number of benzene rings is 1. The number of methoxy groups -OCH3 is 2. The summed E-state index contributed by atoms with van der Waals surface area (Å²) >= 11 is 0. The van der Waals surface area contributed by atoms with Crippen LogP contribution in [0.3, 0.4) is 0 Å². The van der Waals surface area contributed by atoms with E-state index in [2.05, 4.69) is 15.5 Å². The summed E-state index contributed by atoms with van der Waals surface area (Å²) in [5.74, 6) is 1.52. The zero-order valence-corrected chi connectivity index (χ0v) is 11.9. The summed E-state index contributed by atoms with van der Waals surface area (Å²) in [7, 11) is 5.18. The quantitative estimate of drug-likeness (QED) is 0.888. The Balaban J connectivity index is 2.67. The molecule has 0 radical (unpaired) electrons. The van der Waals surface area contributed by atoms with Crippen molar-refractivity contribution in [3.05, 3.63) is 23.4 Å². The Bertz CT molecular complexity index is 591. The molecule has 5 heteroatoms. The van der Waals surface area contributed by atoms with E-state index in [0.717, 1.165) is 39.7 Å². The molecule has 2 N–H and O–H groups in total. The van der Waals surface area contributed by atoms with Crippen LogP contribution in [0.1, 0.15) is 11.3 Å². The molecule has 2 aromatic rings. The first-order chi connectivity index (χ1) is 9.12. The lowest BCUT2D eigenvalue weighted by Crippen LogP contribution is -1.97. The van der Waals surface area contributed by atoms with Crippen LogP contribution in [0.5, 0.6) is 11.5 Å². The molecule has 1 aromatic carbocycles.